The molecule has 2 aromatic rings. The minimum Gasteiger partial charge on any atom is -0.339 e. The van der Waals surface area contributed by atoms with Crippen LogP contribution >= 0.6 is 0 Å². The average Bonchev–Trinajstić information content (AvgIpc) is 2.89. The van der Waals surface area contributed by atoms with E-state index in [0.29, 0.717) is 30.6 Å². The molecule has 1 amide bonds. The highest BCUT2D eigenvalue weighted by Crippen LogP contribution is 2.08. The van der Waals surface area contributed by atoms with E-state index < -0.39 is 17.2 Å². The fourth-order valence-corrected chi connectivity index (χ4v) is 2.04. The molecule has 0 saturated heterocycles. The van der Waals surface area contributed by atoms with E-state index in [1.807, 2.05) is 18.8 Å². The molecule has 0 aliphatic rings. The maximum Gasteiger partial charge on any atom is 0.326 e. The number of carbonyl (C=O) groups excluding carboxylic acids is 1. The van der Waals surface area contributed by atoms with E-state index >= 15 is 0 Å². The summed E-state index contributed by atoms with van der Waals surface area (Å²) in [6.07, 6.45) is 0.661. The summed E-state index contributed by atoms with van der Waals surface area (Å²) in [6.45, 7) is 6.34. The number of aromatic nitrogens is 4. The first kappa shape index (κ1) is 16.7. The smallest absolute Gasteiger partial charge is 0.326 e. The number of amides is 1. The van der Waals surface area contributed by atoms with E-state index in [4.69, 9.17) is 4.52 Å². The predicted octanol–water partition coefficient (Wildman–Crippen LogP) is 0.307. The Morgan fingerprint density at radius 1 is 1.35 bits per heavy atom. The van der Waals surface area contributed by atoms with Crippen LogP contribution in [0.2, 0.25) is 0 Å². The lowest BCUT2D eigenvalue weighted by atomic mass is 10.1. The van der Waals surface area contributed by atoms with Gasteiger partial charge in [0.05, 0.1) is 6.54 Å². The van der Waals surface area contributed by atoms with Gasteiger partial charge in [0.2, 0.25) is 5.89 Å². The van der Waals surface area contributed by atoms with E-state index in [1.54, 1.807) is 6.92 Å². The van der Waals surface area contributed by atoms with Gasteiger partial charge in [-0.2, -0.15) is 4.98 Å². The quantitative estimate of drug-likeness (QED) is 0.788. The van der Waals surface area contributed by atoms with Crippen molar-refractivity contribution >= 4 is 5.91 Å². The molecule has 2 aromatic heterocycles. The average molecular weight is 321 g/mol. The van der Waals surface area contributed by atoms with Crippen LogP contribution in [-0.4, -0.2) is 37.5 Å². The molecule has 0 bridgehead atoms. The number of aromatic amines is 2. The van der Waals surface area contributed by atoms with E-state index in [0.717, 1.165) is 6.07 Å². The number of hydrogen-bond donors (Lipinski definition) is 2. The molecule has 9 heteroatoms. The normalized spacial score (nSPS) is 11.0. The van der Waals surface area contributed by atoms with Gasteiger partial charge in [-0.05, 0) is 12.8 Å². The van der Waals surface area contributed by atoms with Gasteiger partial charge in [-0.1, -0.05) is 19.0 Å². The maximum atomic E-state index is 12.4. The Morgan fingerprint density at radius 2 is 2.09 bits per heavy atom. The summed E-state index contributed by atoms with van der Waals surface area (Å²) in [4.78, 5) is 44.9. The van der Waals surface area contributed by atoms with Crippen LogP contribution in [0.5, 0.6) is 0 Å². The predicted molar refractivity (Wildman–Crippen MR) is 80.9 cm³/mol. The Labute approximate surface area is 131 Å². The van der Waals surface area contributed by atoms with Gasteiger partial charge in [0, 0.05) is 19.0 Å². The molecule has 0 fully saturated rings. The Balaban J connectivity index is 2.15. The van der Waals surface area contributed by atoms with E-state index in [1.165, 1.54) is 4.90 Å². The topological polar surface area (TPSA) is 125 Å². The molecule has 0 unspecified atom stereocenters. The highest BCUT2D eigenvalue weighted by molar-refractivity contribution is 5.92. The molecule has 124 valence electrons. The summed E-state index contributed by atoms with van der Waals surface area (Å²) in [7, 11) is 0. The molecule has 2 heterocycles. The van der Waals surface area contributed by atoms with Crippen molar-refractivity contribution in [1.82, 2.24) is 25.0 Å². The molecule has 23 heavy (non-hydrogen) atoms. The van der Waals surface area contributed by atoms with Crippen molar-refractivity contribution in [1.29, 1.82) is 0 Å². The van der Waals surface area contributed by atoms with Gasteiger partial charge in [0.1, 0.15) is 5.69 Å². The number of carbonyl (C=O) groups is 1. The number of nitrogens with zero attached hydrogens (tertiary/aromatic N) is 3. The van der Waals surface area contributed by atoms with Gasteiger partial charge in [-0.3, -0.25) is 14.6 Å². The van der Waals surface area contributed by atoms with E-state index in [9.17, 15) is 14.4 Å². The summed E-state index contributed by atoms with van der Waals surface area (Å²) in [5.74, 6) is 0.797. The van der Waals surface area contributed by atoms with Crippen molar-refractivity contribution in [2.75, 3.05) is 6.54 Å². The van der Waals surface area contributed by atoms with Gasteiger partial charge in [-0.25, -0.2) is 4.79 Å². The first-order chi connectivity index (χ1) is 10.9. The third-order valence-corrected chi connectivity index (χ3v) is 3.09. The van der Waals surface area contributed by atoms with Crippen LogP contribution in [0.15, 0.2) is 20.2 Å². The minimum absolute atomic E-state index is 0.0773. The number of nitrogens with one attached hydrogen (secondary N) is 2. The molecular formula is C14H19N5O4. The second-order valence-electron chi connectivity index (χ2n) is 5.52. The lowest BCUT2D eigenvalue weighted by Gasteiger charge is -2.18. The van der Waals surface area contributed by atoms with Crippen molar-refractivity contribution in [2.24, 2.45) is 5.92 Å². The summed E-state index contributed by atoms with van der Waals surface area (Å²) >= 11 is 0. The number of hydrogen-bond acceptors (Lipinski definition) is 6. The molecule has 2 N–H and O–H groups in total. The monoisotopic (exact) mass is 321 g/mol. The first-order valence-corrected chi connectivity index (χ1v) is 7.33. The van der Waals surface area contributed by atoms with Crippen LogP contribution in [0.3, 0.4) is 0 Å². The fourth-order valence-electron chi connectivity index (χ4n) is 2.04. The SMILES string of the molecule is CCN(Cc1noc(CC(C)C)n1)C(=O)c1cc(=O)[nH]c(=O)[nH]1. The van der Waals surface area contributed by atoms with Crippen LogP contribution in [0.1, 0.15) is 43.0 Å². The molecule has 0 atom stereocenters. The standard InChI is InChI=1S/C14H19N5O4/c1-4-19(7-10-16-12(23-18-10)5-8(2)3)13(21)9-6-11(20)17-14(22)15-9/h6,8H,4-5,7H2,1-3H3,(H2,15,17,20,22). The van der Waals surface area contributed by atoms with Crippen molar-refractivity contribution < 1.29 is 9.32 Å². The zero-order valence-electron chi connectivity index (χ0n) is 13.3. The summed E-state index contributed by atoms with van der Waals surface area (Å²) in [5.41, 5.74) is -1.44. The molecule has 0 spiro atoms. The molecule has 0 saturated carbocycles. The summed E-state index contributed by atoms with van der Waals surface area (Å²) in [6, 6.07) is 1.05. The molecule has 2 rings (SSSR count). The van der Waals surface area contributed by atoms with Gasteiger partial charge < -0.3 is 14.4 Å². The van der Waals surface area contributed by atoms with Crippen LogP contribution in [0, 0.1) is 5.92 Å². The largest absolute Gasteiger partial charge is 0.339 e. The third-order valence-electron chi connectivity index (χ3n) is 3.09. The lowest BCUT2D eigenvalue weighted by Crippen LogP contribution is -2.34. The first-order valence-electron chi connectivity index (χ1n) is 7.33. The lowest BCUT2D eigenvalue weighted by molar-refractivity contribution is 0.0740. The Morgan fingerprint density at radius 3 is 2.70 bits per heavy atom. The zero-order valence-corrected chi connectivity index (χ0v) is 13.3. The Hall–Kier alpha value is -2.71. The highest BCUT2D eigenvalue weighted by Gasteiger charge is 2.19. The third kappa shape index (κ3) is 4.38. The fraction of sp³-hybridized carbons (Fsp3) is 0.500. The Kier molecular flexibility index (Phi) is 5.09. The van der Waals surface area contributed by atoms with E-state index in [2.05, 4.69) is 15.1 Å². The van der Waals surface area contributed by atoms with E-state index in [-0.39, 0.29) is 12.2 Å². The van der Waals surface area contributed by atoms with Crippen molar-refractivity contribution in [3.63, 3.8) is 0 Å². The minimum atomic E-state index is -0.726. The second-order valence-corrected chi connectivity index (χ2v) is 5.52. The molecular weight excluding hydrogens is 302 g/mol. The summed E-state index contributed by atoms with van der Waals surface area (Å²) in [5, 5.41) is 3.85. The van der Waals surface area contributed by atoms with Crippen LogP contribution in [-0.2, 0) is 13.0 Å². The molecule has 0 aromatic carbocycles. The van der Waals surface area contributed by atoms with Crippen LogP contribution < -0.4 is 11.2 Å². The van der Waals surface area contributed by atoms with Gasteiger partial charge >= 0.3 is 5.69 Å². The van der Waals surface area contributed by atoms with Gasteiger partial charge in [0.25, 0.3) is 11.5 Å². The molecule has 9 nitrogen and oxygen atoms in total. The summed E-state index contributed by atoms with van der Waals surface area (Å²) < 4.78 is 5.13. The van der Waals surface area contributed by atoms with Crippen molar-refractivity contribution in [2.45, 2.75) is 33.7 Å². The zero-order chi connectivity index (χ0) is 17.0. The molecule has 0 aliphatic heterocycles. The highest BCUT2D eigenvalue weighted by atomic mass is 16.5. The van der Waals surface area contributed by atoms with Crippen LogP contribution in [0.25, 0.3) is 0 Å². The molecule has 0 radical (unpaired) electrons. The van der Waals surface area contributed by atoms with Crippen molar-refractivity contribution in [3.8, 4) is 0 Å². The number of H-pyrrole nitrogens is 2. The maximum absolute atomic E-state index is 12.4. The van der Waals surface area contributed by atoms with Gasteiger partial charge in [-0.15, -0.1) is 0 Å². The Bertz CT molecular complexity index is 760. The molecule has 0 aliphatic carbocycles. The van der Waals surface area contributed by atoms with Gasteiger partial charge in [0.15, 0.2) is 5.82 Å². The van der Waals surface area contributed by atoms with Crippen LogP contribution in [0.4, 0.5) is 0 Å². The second kappa shape index (κ2) is 7.03. The number of rotatable bonds is 6. The van der Waals surface area contributed by atoms with Crippen molar-refractivity contribution in [3.05, 3.63) is 44.3 Å².